The molecule has 0 aliphatic carbocycles. The number of pyridine rings is 1. The summed E-state index contributed by atoms with van der Waals surface area (Å²) in [5.74, 6) is -2.08. The molecule has 1 N–H and O–H groups in total. The predicted molar refractivity (Wildman–Crippen MR) is 61.8 cm³/mol. The Hall–Kier alpha value is -2.30. The maximum atomic E-state index is 13.3. The highest BCUT2D eigenvalue weighted by atomic mass is 19.1. The number of halogens is 2. The van der Waals surface area contributed by atoms with Gasteiger partial charge < -0.3 is 5.32 Å². The maximum Gasteiger partial charge on any atom is 0.254 e. The summed E-state index contributed by atoms with van der Waals surface area (Å²) in [6, 6.07) is 8.00. The molecule has 0 bridgehead atoms. The van der Waals surface area contributed by atoms with Gasteiger partial charge in [-0.3, -0.25) is 9.78 Å². The first kappa shape index (κ1) is 12.2. The largest absolute Gasteiger partial charge is 0.346 e. The second-order valence-electron chi connectivity index (χ2n) is 3.63. The third-order valence-corrected chi connectivity index (χ3v) is 2.33. The number of benzene rings is 1. The fourth-order valence-corrected chi connectivity index (χ4v) is 1.44. The van der Waals surface area contributed by atoms with Crippen molar-refractivity contribution in [2.24, 2.45) is 0 Å². The number of amides is 1. The lowest BCUT2D eigenvalue weighted by molar-refractivity contribution is 0.0946. The molecular formula is C13H10F2N2O. The van der Waals surface area contributed by atoms with Crippen LogP contribution in [0.4, 0.5) is 8.78 Å². The first-order chi connectivity index (χ1) is 8.66. The Bertz CT molecular complexity index is 558. The lowest BCUT2D eigenvalue weighted by atomic mass is 10.2. The van der Waals surface area contributed by atoms with Crippen molar-refractivity contribution >= 4 is 5.91 Å². The fourth-order valence-electron chi connectivity index (χ4n) is 1.44. The van der Waals surface area contributed by atoms with Crippen LogP contribution in [0.25, 0.3) is 0 Å². The molecule has 5 heteroatoms. The van der Waals surface area contributed by atoms with Crippen LogP contribution in [0.3, 0.4) is 0 Å². The second kappa shape index (κ2) is 5.35. The molecule has 0 saturated carbocycles. The van der Waals surface area contributed by atoms with Gasteiger partial charge in [-0.1, -0.05) is 6.07 Å². The first-order valence-corrected chi connectivity index (χ1v) is 5.30. The number of hydrogen-bond donors (Lipinski definition) is 1. The van der Waals surface area contributed by atoms with Crippen LogP contribution in [0.2, 0.25) is 0 Å². The van der Waals surface area contributed by atoms with Gasteiger partial charge in [0, 0.05) is 6.20 Å². The molecule has 2 rings (SSSR count). The van der Waals surface area contributed by atoms with E-state index in [2.05, 4.69) is 10.3 Å². The van der Waals surface area contributed by atoms with E-state index in [0.29, 0.717) is 5.69 Å². The highest BCUT2D eigenvalue weighted by Crippen LogP contribution is 2.09. The van der Waals surface area contributed by atoms with E-state index in [1.165, 1.54) is 0 Å². The summed E-state index contributed by atoms with van der Waals surface area (Å²) in [6.07, 6.45) is 1.59. The van der Waals surface area contributed by atoms with Gasteiger partial charge in [0.05, 0.1) is 17.8 Å². The van der Waals surface area contributed by atoms with E-state index < -0.39 is 17.5 Å². The van der Waals surface area contributed by atoms with E-state index in [9.17, 15) is 13.6 Å². The molecule has 0 aliphatic heterocycles. The van der Waals surface area contributed by atoms with Crippen molar-refractivity contribution in [3.63, 3.8) is 0 Å². The normalized spacial score (nSPS) is 10.1. The molecule has 2 aromatic rings. The van der Waals surface area contributed by atoms with E-state index in [4.69, 9.17) is 0 Å². The summed E-state index contributed by atoms with van der Waals surface area (Å²) in [7, 11) is 0. The second-order valence-corrected chi connectivity index (χ2v) is 3.63. The fraction of sp³-hybridized carbons (Fsp3) is 0.0769. The molecule has 3 nitrogen and oxygen atoms in total. The van der Waals surface area contributed by atoms with Crippen molar-refractivity contribution < 1.29 is 13.6 Å². The molecule has 0 unspecified atom stereocenters. The summed E-state index contributed by atoms with van der Waals surface area (Å²) in [5, 5.41) is 2.48. The van der Waals surface area contributed by atoms with Gasteiger partial charge in [-0.15, -0.1) is 0 Å². The Morgan fingerprint density at radius 2 is 2.06 bits per heavy atom. The number of carbonyl (C=O) groups is 1. The summed E-state index contributed by atoms with van der Waals surface area (Å²) in [6.45, 7) is 0.162. The van der Waals surface area contributed by atoms with Crippen LogP contribution >= 0.6 is 0 Å². The molecule has 1 aromatic carbocycles. The third kappa shape index (κ3) is 2.88. The van der Waals surface area contributed by atoms with Gasteiger partial charge >= 0.3 is 0 Å². The van der Waals surface area contributed by atoms with Crippen LogP contribution < -0.4 is 5.32 Å². The minimum atomic E-state index is -0.755. The minimum Gasteiger partial charge on any atom is -0.346 e. The lowest BCUT2D eigenvalue weighted by Gasteiger charge is -2.05. The molecule has 0 atom stereocenters. The Morgan fingerprint density at radius 1 is 1.22 bits per heavy atom. The zero-order valence-corrected chi connectivity index (χ0v) is 9.36. The van der Waals surface area contributed by atoms with E-state index >= 15 is 0 Å². The zero-order chi connectivity index (χ0) is 13.0. The number of aromatic nitrogens is 1. The molecule has 0 radical (unpaired) electrons. The van der Waals surface area contributed by atoms with Gasteiger partial charge in [0.1, 0.15) is 11.6 Å². The van der Waals surface area contributed by atoms with Gasteiger partial charge in [0.2, 0.25) is 0 Å². The highest BCUT2D eigenvalue weighted by Gasteiger charge is 2.12. The van der Waals surface area contributed by atoms with E-state index in [1.54, 1.807) is 24.4 Å². The van der Waals surface area contributed by atoms with Gasteiger partial charge in [-0.05, 0) is 30.3 Å². The average Bonchev–Trinajstić information content (AvgIpc) is 2.40. The van der Waals surface area contributed by atoms with Gasteiger partial charge in [-0.25, -0.2) is 8.78 Å². The number of carbonyl (C=O) groups excluding carboxylic acids is 1. The molecule has 1 heterocycles. The molecule has 1 aromatic heterocycles. The Morgan fingerprint density at radius 3 is 2.78 bits per heavy atom. The predicted octanol–water partition coefficient (Wildman–Crippen LogP) is 2.29. The lowest BCUT2D eigenvalue weighted by Crippen LogP contribution is -2.24. The quantitative estimate of drug-likeness (QED) is 0.905. The Balaban J connectivity index is 2.06. The molecule has 0 fully saturated rings. The van der Waals surface area contributed by atoms with Gasteiger partial charge in [0.15, 0.2) is 0 Å². The summed E-state index contributed by atoms with van der Waals surface area (Å²) in [5.41, 5.74) is 0.327. The van der Waals surface area contributed by atoms with Gasteiger partial charge in [0.25, 0.3) is 5.91 Å². The molecule has 18 heavy (non-hydrogen) atoms. The third-order valence-electron chi connectivity index (χ3n) is 2.33. The van der Waals surface area contributed by atoms with Crippen molar-refractivity contribution in [3.05, 3.63) is 65.5 Å². The molecule has 92 valence electrons. The Kier molecular flexibility index (Phi) is 3.62. The minimum absolute atomic E-state index is 0.162. The standard InChI is InChI=1S/C13H10F2N2O/c14-9-4-5-12(15)11(7-9)13(18)17-8-10-3-1-2-6-16-10/h1-7H,8H2,(H,17,18). The smallest absolute Gasteiger partial charge is 0.254 e. The summed E-state index contributed by atoms with van der Waals surface area (Å²) >= 11 is 0. The van der Waals surface area contributed by atoms with Gasteiger partial charge in [-0.2, -0.15) is 0 Å². The zero-order valence-electron chi connectivity index (χ0n) is 9.36. The topological polar surface area (TPSA) is 42.0 Å². The van der Waals surface area contributed by atoms with Crippen molar-refractivity contribution in [3.8, 4) is 0 Å². The molecule has 0 spiro atoms. The number of nitrogens with one attached hydrogen (secondary N) is 1. The Labute approximate surface area is 102 Å². The van der Waals surface area contributed by atoms with Crippen molar-refractivity contribution in [1.82, 2.24) is 10.3 Å². The molecule has 0 saturated heterocycles. The van der Waals surface area contributed by atoms with Crippen LogP contribution in [0.5, 0.6) is 0 Å². The number of hydrogen-bond acceptors (Lipinski definition) is 2. The monoisotopic (exact) mass is 248 g/mol. The maximum absolute atomic E-state index is 13.3. The van der Waals surface area contributed by atoms with Crippen LogP contribution in [-0.2, 0) is 6.54 Å². The van der Waals surface area contributed by atoms with Crippen molar-refractivity contribution in [2.75, 3.05) is 0 Å². The van der Waals surface area contributed by atoms with Crippen molar-refractivity contribution in [1.29, 1.82) is 0 Å². The van der Waals surface area contributed by atoms with Crippen LogP contribution in [0.1, 0.15) is 16.1 Å². The summed E-state index contributed by atoms with van der Waals surface area (Å²) in [4.78, 5) is 15.6. The summed E-state index contributed by atoms with van der Waals surface area (Å²) < 4.78 is 26.2. The van der Waals surface area contributed by atoms with Crippen molar-refractivity contribution in [2.45, 2.75) is 6.54 Å². The number of rotatable bonds is 3. The van der Waals surface area contributed by atoms with Crippen LogP contribution in [-0.4, -0.2) is 10.9 Å². The van der Waals surface area contributed by atoms with Crippen LogP contribution in [0.15, 0.2) is 42.6 Å². The molecule has 1 amide bonds. The SMILES string of the molecule is O=C(NCc1ccccn1)c1cc(F)ccc1F. The highest BCUT2D eigenvalue weighted by molar-refractivity contribution is 5.94. The van der Waals surface area contributed by atoms with Crippen LogP contribution in [0, 0.1) is 11.6 Å². The number of nitrogens with zero attached hydrogens (tertiary/aromatic N) is 1. The average molecular weight is 248 g/mol. The molecular weight excluding hydrogens is 238 g/mol. The van der Waals surface area contributed by atoms with E-state index in [1.807, 2.05) is 0 Å². The molecule has 0 aliphatic rings. The van der Waals surface area contributed by atoms with E-state index in [-0.39, 0.29) is 12.1 Å². The van der Waals surface area contributed by atoms with E-state index in [0.717, 1.165) is 18.2 Å². The first-order valence-electron chi connectivity index (χ1n) is 5.30.